The highest BCUT2D eigenvalue weighted by Crippen LogP contribution is 2.23. The molecule has 0 heterocycles. The fraction of sp³-hybridized carbons (Fsp3) is 0.176. The number of benzene rings is 2. The molecule has 4 N–H and O–H groups in total. The van der Waals surface area contributed by atoms with Gasteiger partial charge in [0.2, 0.25) is 0 Å². The number of rotatable bonds is 6. The van der Waals surface area contributed by atoms with Crippen LogP contribution in [0.1, 0.15) is 10.4 Å². The molecule has 2 aromatic carbocycles. The molecule has 0 saturated carbocycles. The Hall–Kier alpha value is -2.02. The van der Waals surface area contributed by atoms with E-state index in [1.807, 2.05) is 6.07 Å². The highest BCUT2D eigenvalue weighted by atomic mass is 127. The van der Waals surface area contributed by atoms with Crippen LogP contribution < -0.4 is 21.1 Å². The number of nitrogens with one attached hydrogen (secondary N) is 2. The summed E-state index contributed by atoms with van der Waals surface area (Å²) in [4.78, 5) is 16.0. The normalized spacial score (nSPS) is 11.4. The van der Waals surface area contributed by atoms with Gasteiger partial charge in [0, 0.05) is 22.3 Å². The van der Waals surface area contributed by atoms with Gasteiger partial charge in [-0.1, -0.05) is 22.0 Å². The average molecular weight is 573 g/mol. The molecule has 2 rings (SSSR count). The van der Waals surface area contributed by atoms with Crippen LogP contribution in [0.5, 0.6) is 5.75 Å². The number of hydrogen-bond donors (Lipinski definition) is 3. The van der Waals surface area contributed by atoms with Gasteiger partial charge in [0.25, 0.3) is 5.91 Å². The van der Waals surface area contributed by atoms with Crippen molar-refractivity contribution < 1.29 is 22.7 Å². The molecule has 0 fully saturated rings. The fourth-order valence-corrected chi connectivity index (χ4v) is 2.40. The maximum absolute atomic E-state index is 12.1. The smallest absolute Gasteiger partial charge is 0.406 e. The van der Waals surface area contributed by atoms with Crippen molar-refractivity contribution in [3.8, 4) is 5.75 Å². The Kier molecular flexibility index (Phi) is 9.52. The van der Waals surface area contributed by atoms with Crippen LogP contribution in [-0.2, 0) is 0 Å². The third-order valence-corrected chi connectivity index (χ3v) is 3.62. The number of carbonyl (C=O) groups excluding carboxylic acids is 1. The third kappa shape index (κ3) is 8.78. The highest BCUT2D eigenvalue weighted by molar-refractivity contribution is 14.0. The minimum atomic E-state index is -4.74. The van der Waals surface area contributed by atoms with Crippen molar-refractivity contribution in [3.05, 3.63) is 58.6 Å². The van der Waals surface area contributed by atoms with Crippen molar-refractivity contribution in [2.45, 2.75) is 6.36 Å². The number of alkyl halides is 3. The van der Waals surface area contributed by atoms with Gasteiger partial charge in [-0.2, -0.15) is 0 Å². The van der Waals surface area contributed by atoms with Crippen LogP contribution in [-0.4, -0.2) is 31.3 Å². The Morgan fingerprint density at radius 2 is 1.86 bits per heavy atom. The topological polar surface area (TPSA) is 88.7 Å². The molecule has 11 heteroatoms. The van der Waals surface area contributed by atoms with Crippen molar-refractivity contribution in [2.24, 2.45) is 10.7 Å². The number of nitrogens with two attached hydrogens (primary N) is 1. The molecule has 2 aromatic rings. The van der Waals surface area contributed by atoms with Crippen LogP contribution in [0.4, 0.5) is 18.9 Å². The number of carbonyl (C=O) groups is 1. The zero-order valence-electron chi connectivity index (χ0n) is 14.3. The summed E-state index contributed by atoms with van der Waals surface area (Å²) in [5.41, 5.74) is 6.66. The molecule has 0 aliphatic rings. The van der Waals surface area contributed by atoms with Crippen molar-refractivity contribution in [1.29, 1.82) is 0 Å². The highest BCUT2D eigenvalue weighted by Gasteiger charge is 2.30. The number of guanidine groups is 1. The monoisotopic (exact) mass is 572 g/mol. The largest absolute Gasteiger partial charge is 0.573 e. The van der Waals surface area contributed by atoms with Crippen molar-refractivity contribution >= 4 is 57.5 Å². The number of ether oxygens (including phenoxy) is 1. The lowest BCUT2D eigenvalue weighted by molar-refractivity contribution is -0.274. The van der Waals surface area contributed by atoms with E-state index in [9.17, 15) is 18.0 Å². The first-order valence-electron chi connectivity index (χ1n) is 7.69. The molecule has 0 atom stereocenters. The summed E-state index contributed by atoms with van der Waals surface area (Å²) in [7, 11) is 0. The summed E-state index contributed by atoms with van der Waals surface area (Å²) in [6.07, 6.45) is -4.74. The van der Waals surface area contributed by atoms with E-state index in [0.29, 0.717) is 11.3 Å². The molecule has 1 amide bonds. The Labute approximate surface area is 184 Å². The molecule has 0 saturated heterocycles. The third-order valence-electron chi connectivity index (χ3n) is 3.13. The molecule has 0 radical (unpaired) electrons. The standard InChI is InChI=1S/C17H16BrF3N4O2.HI/c18-12-3-1-2-11(10-12)15(26)23-8-9-24-16(22)25-13-4-6-14(7-5-13)27-17(19,20)21;/h1-7,10H,8-9H2,(H,23,26)(H3,22,24,25);1H. The second-order valence-corrected chi connectivity index (χ2v) is 6.15. The number of nitrogens with zero attached hydrogens (tertiary/aromatic N) is 1. The summed E-state index contributed by atoms with van der Waals surface area (Å²) < 4.78 is 40.9. The lowest BCUT2D eigenvalue weighted by Gasteiger charge is -2.10. The van der Waals surface area contributed by atoms with Crippen LogP contribution in [0.25, 0.3) is 0 Å². The predicted molar refractivity (Wildman–Crippen MR) is 115 cm³/mol. The van der Waals surface area contributed by atoms with Gasteiger partial charge < -0.3 is 21.1 Å². The number of aliphatic imine (C=N–C) groups is 1. The fourth-order valence-electron chi connectivity index (χ4n) is 2.00. The Morgan fingerprint density at radius 3 is 2.46 bits per heavy atom. The predicted octanol–water partition coefficient (Wildman–Crippen LogP) is 4.12. The van der Waals surface area contributed by atoms with Gasteiger partial charge in [0.05, 0.1) is 6.54 Å². The quantitative estimate of drug-likeness (QED) is 0.210. The zero-order valence-corrected chi connectivity index (χ0v) is 18.2. The van der Waals surface area contributed by atoms with Gasteiger partial charge in [-0.15, -0.1) is 37.1 Å². The Morgan fingerprint density at radius 1 is 1.18 bits per heavy atom. The first kappa shape index (κ1) is 24.0. The molecule has 0 aliphatic heterocycles. The van der Waals surface area contributed by atoms with Crippen LogP contribution in [0.2, 0.25) is 0 Å². The van der Waals surface area contributed by atoms with Gasteiger partial charge >= 0.3 is 6.36 Å². The summed E-state index contributed by atoms with van der Waals surface area (Å²) in [6.45, 7) is 0.500. The van der Waals surface area contributed by atoms with Crippen molar-refractivity contribution in [3.63, 3.8) is 0 Å². The molecule has 152 valence electrons. The molecular weight excluding hydrogens is 556 g/mol. The first-order chi connectivity index (χ1) is 12.7. The minimum Gasteiger partial charge on any atom is -0.406 e. The summed E-state index contributed by atoms with van der Waals surface area (Å²) in [5, 5.41) is 5.43. The van der Waals surface area contributed by atoms with E-state index in [4.69, 9.17) is 5.73 Å². The van der Waals surface area contributed by atoms with Crippen LogP contribution in [0, 0.1) is 0 Å². The molecule has 0 aliphatic carbocycles. The van der Waals surface area contributed by atoms with Crippen LogP contribution in [0.15, 0.2) is 58.0 Å². The van der Waals surface area contributed by atoms with Gasteiger partial charge in [0.1, 0.15) is 5.75 Å². The SMILES string of the molecule is I.NC(=NCCNC(=O)c1cccc(Br)c1)Nc1ccc(OC(F)(F)F)cc1. The van der Waals surface area contributed by atoms with E-state index in [0.717, 1.165) is 16.6 Å². The van der Waals surface area contributed by atoms with Gasteiger partial charge in [-0.05, 0) is 42.5 Å². The average Bonchev–Trinajstić information content (AvgIpc) is 2.59. The second kappa shape index (κ2) is 11.1. The maximum Gasteiger partial charge on any atom is 0.573 e. The van der Waals surface area contributed by atoms with E-state index in [-0.39, 0.29) is 54.7 Å². The van der Waals surface area contributed by atoms with Gasteiger partial charge in [0.15, 0.2) is 5.96 Å². The minimum absolute atomic E-state index is 0. The number of hydrogen-bond acceptors (Lipinski definition) is 3. The van der Waals surface area contributed by atoms with Crippen molar-refractivity contribution in [1.82, 2.24) is 5.32 Å². The number of halogens is 5. The van der Waals surface area contributed by atoms with Crippen LogP contribution in [0.3, 0.4) is 0 Å². The van der Waals surface area contributed by atoms with Gasteiger partial charge in [-0.25, -0.2) is 0 Å². The van der Waals surface area contributed by atoms with E-state index in [1.54, 1.807) is 18.2 Å². The summed E-state index contributed by atoms with van der Waals surface area (Å²) in [5.74, 6) is -0.506. The van der Waals surface area contributed by atoms with Crippen LogP contribution >= 0.6 is 39.9 Å². The van der Waals surface area contributed by atoms with E-state index < -0.39 is 6.36 Å². The molecule has 0 spiro atoms. The molecule has 0 bridgehead atoms. The lowest BCUT2D eigenvalue weighted by Crippen LogP contribution is -2.28. The second-order valence-electron chi connectivity index (χ2n) is 5.23. The Balaban J connectivity index is 0.00000392. The molecule has 0 unspecified atom stereocenters. The van der Waals surface area contributed by atoms with Gasteiger partial charge in [-0.3, -0.25) is 9.79 Å². The zero-order chi connectivity index (χ0) is 19.9. The molecule has 0 aromatic heterocycles. The Bertz CT molecular complexity index is 817. The van der Waals surface area contributed by atoms with Crippen molar-refractivity contribution in [2.75, 3.05) is 18.4 Å². The lowest BCUT2D eigenvalue weighted by atomic mass is 10.2. The molecule has 28 heavy (non-hydrogen) atoms. The number of amides is 1. The molecule has 6 nitrogen and oxygen atoms in total. The van der Waals surface area contributed by atoms with E-state index in [2.05, 4.69) is 36.3 Å². The maximum atomic E-state index is 12.1. The number of anilines is 1. The summed E-state index contributed by atoms with van der Waals surface area (Å²) >= 11 is 3.29. The van der Waals surface area contributed by atoms with E-state index >= 15 is 0 Å². The molecular formula is C17H17BrF3IN4O2. The van der Waals surface area contributed by atoms with E-state index in [1.165, 1.54) is 12.1 Å². The first-order valence-corrected chi connectivity index (χ1v) is 8.49. The summed E-state index contributed by atoms with van der Waals surface area (Å²) in [6, 6.07) is 12.0.